The van der Waals surface area contributed by atoms with E-state index in [-0.39, 0.29) is 16.7 Å². The van der Waals surface area contributed by atoms with E-state index in [4.69, 9.17) is 4.74 Å². The van der Waals surface area contributed by atoms with Gasteiger partial charge in [0.25, 0.3) is 0 Å². The molecule has 2 saturated heterocycles. The van der Waals surface area contributed by atoms with Crippen molar-refractivity contribution >= 4 is 40.0 Å². The second-order valence-corrected chi connectivity index (χ2v) is 9.53. The van der Waals surface area contributed by atoms with E-state index in [1.54, 1.807) is 16.7 Å². The Kier molecular flexibility index (Phi) is 5.33. The molecule has 0 aliphatic carbocycles. The number of hydrogen-bond acceptors (Lipinski definition) is 6. The number of nitrogens with one attached hydrogen (secondary N) is 1. The molecular formula is C20H23N3O3S2. The van der Waals surface area contributed by atoms with Crippen molar-refractivity contribution in [2.45, 2.75) is 44.0 Å². The van der Waals surface area contributed by atoms with Gasteiger partial charge in [0.05, 0.1) is 17.2 Å². The van der Waals surface area contributed by atoms with Crippen LogP contribution in [0, 0.1) is 0 Å². The van der Waals surface area contributed by atoms with Crippen LogP contribution in [-0.4, -0.2) is 45.0 Å². The molecule has 2 fully saturated rings. The summed E-state index contributed by atoms with van der Waals surface area (Å²) in [5, 5.41) is 5.38. The Labute approximate surface area is 172 Å². The summed E-state index contributed by atoms with van der Waals surface area (Å²) in [4.78, 5) is 31.0. The molecule has 2 amide bonds. The van der Waals surface area contributed by atoms with Gasteiger partial charge in [-0.25, -0.2) is 4.98 Å². The standard InChI is InChI=1S/C20H23N3O3S2/c1-3-10-26-14-6-4-13(5-7-14)15-11-27-19(21-15)22-18(25)16-12-28-20(2)9-8-17(24)23(16)20/h4-7,11,16H,3,8-10,12H2,1-2H3,(H,21,22,25)/t16-,20+/m0/s1. The highest BCUT2D eigenvalue weighted by molar-refractivity contribution is 8.01. The Balaban J connectivity index is 1.42. The number of aromatic nitrogens is 1. The number of anilines is 1. The molecular weight excluding hydrogens is 394 g/mol. The van der Waals surface area contributed by atoms with Gasteiger partial charge in [-0.3, -0.25) is 9.59 Å². The molecule has 1 aromatic heterocycles. The monoisotopic (exact) mass is 417 g/mol. The van der Waals surface area contributed by atoms with Gasteiger partial charge in [0.1, 0.15) is 11.8 Å². The molecule has 2 aromatic rings. The number of ether oxygens (including phenoxy) is 1. The first-order valence-electron chi connectivity index (χ1n) is 9.46. The van der Waals surface area contributed by atoms with Crippen molar-refractivity contribution < 1.29 is 14.3 Å². The van der Waals surface area contributed by atoms with E-state index in [0.717, 1.165) is 29.8 Å². The predicted octanol–water partition coefficient (Wildman–Crippen LogP) is 3.99. The normalized spacial score (nSPS) is 23.7. The second kappa shape index (κ2) is 7.75. The summed E-state index contributed by atoms with van der Waals surface area (Å²) in [5.74, 6) is 1.38. The molecule has 1 N–H and O–H groups in total. The summed E-state index contributed by atoms with van der Waals surface area (Å²) in [7, 11) is 0. The molecule has 0 unspecified atom stereocenters. The SMILES string of the molecule is CCCOc1ccc(-c2csc(NC(=O)[C@@H]3CS[C@]4(C)CCC(=O)N34)n2)cc1. The molecule has 2 aliphatic heterocycles. The van der Waals surface area contributed by atoms with E-state index in [2.05, 4.69) is 17.2 Å². The molecule has 1 aromatic carbocycles. The molecule has 28 heavy (non-hydrogen) atoms. The third kappa shape index (κ3) is 3.63. The van der Waals surface area contributed by atoms with Crippen LogP contribution < -0.4 is 10.1 Å². The number of fused-ring (bicyclic) bond motifs is 1. The highest BCUT2D eigenvalue weighted by Crippen LogP contribution is 2.47. The molecule has 2 aliphatic rings. The summed E-state index contributed by atoms with van der Waals surface area (Å²) in [5.41, 5.74) is 1.78. The third-order valence-electron chi connectivity index (χ3n) is 5.10. The van der Waals surface area contributed by atoms with E-state index in [1.807, 2.05) is 36.6 Å². The van der Waals surface area contributed by atoms with Crippen molar-refractivity contribution in [1.29, 1.82) is 0 Å². The van der Waals surface area contributed by atoms with Crippen molar-refractivity contribution in [3.05, 3.63) is 29.6 Å². The van der Waals surface area contributed by atoms with Crippen molar-refractivity contribution in [3.8, 4) is 17.0 Å². The average Bonchev–Trinajstić information content (AvgIpc) is 3.36. The van der Waals surface area contributed by atoms with Gasteiger partial charge in [-0.2, -0.15) is 0 Å². The zero-order chi connectivity index (χ0) is 19.7. The minimum absolute atomic E-state index is 0.0675. The first-order valence-corrected chi connectivity index (χ1v) is 11.3. The number of rotatable bonds is 6. The summed E-state index contributed by atoms with van der Waals surface area (Å²) >= 11 is 3.08. The lowest BCUT2D eigenvalue weighted by Crippen LogP contribution is -2.48. The molecule has 0 bridgehead atoms. The van der Waals surface area contributed by atoms with E-state index < -0.39 is 6.04 Å². The topological polar surface area (TPSA) is 71.5 Å². The Morgan fingerprint density at radius 2 is 2.18 bits per heavy atom. The van der Waals surface area contributed by atoms with E-state index in [9.17, 15) is 9.59 Å². The average molecular weight is 418 g/mol. The Hall–Kier alpha value is -2.06. The van der Waals surface area contributed by atoms with Crippen LogP contribution in [0.4, 0.5) is 5.13 Å². The van der Waals surface area contributed by atoms with Crippen molar-refractivity contribution in [2.24, 2.45) is 0 Å². The lowest BCUT2D eigenvalue weighted by atomic mass is 10.2. The summed E-state index contributed by atoms with van der Waals surface area (Å²) in [6.07, 6.45) is 2.30. The summed E-state index contributed by atoms with van der Waals surface area (Å²) in [6.45, 7) is 4.82. The van der Waals surface area contributed by atoms with Crippen LogP contribution >= 0.6 is 23.1 Å². The van der Waals surface area contributed by atoms with Crippen molar-refractivity contribution in [2.75, 3.05) is 17.7 Å². The maximum atomic E-state index is 12.8. The number of benzene rings is 1. The first kappa shape index (κ1) is 19.3. The first-order chi connectivity index (χ1) is 13.5. The third-order valence-corrected chi connectivity index (χ3v) is 7.37. The Bertz CT molecular complexity index is 883. The van der Waals surface area contributed by atoms with Crippen LogP contribution in [0.15, 0.2) is 29.6 Å². The molecule has 8 heteroatoms. The smallest absolute Gasteiger partial charge is 0.249 e. The Morgan fingerprint density at radius 1 is 1.39 bits per heavy atom. The predicted molar refractivity (Wildman–Crippen MR) is 113 cm³/mol. The van der Waals surface area contributed by atoms with E-state index in [0.29, 0.717) is 23.9 Å². The molecule has 3 heterocycles. The number of thioether (sulfide) groups is 1. The molecule has 6 nitrogen and oxygen atoms in total. The van der Waals surface area contributed by atoms with Crippen LogP contribution in [0.1, 0.15) is 33.1 Å². The Morgan fingerprint density at radius 3 is 2.93 bits per heavy atom. The lowest BCUT2D eigenvalue weighted by Gasteiger charge is -2.29. The number of amides is 2. The number of hydrogen-bond donors (Lipinski definition) is 1. The highest BCUT2D eigenvalue weighted by Gasteiger charge is 2.52. The zero-order valence-corrected chi connectivity index (χ0v) is 17.6. The highest BCUT2D eigenvalue weighted by atomic mass is 32.2. The summed E-state index contributed by atoms with van der Waals surface area (Å²) in [6, 6.07) is 7.37. The number of carbonyl (C=O) groups excluding carboxylic acids is 2. The van der Waals surface area contributed by atoms with Gasteiger partial charge in [-0.05, 0) is 44.0 Å². The number of nitrogens with zero attached hydrogens (tertiary/aromatic N) is 2. The molecule has 0 radical (unpaired) electrons. The maximum Gasteiger partial charge on any atom is 0.249 e. The minimum Gasteiger partial charge on any atom is -0.494 e. The fourth-order valence-electron chi connectivity index (χ4n) is 3.61. The molecule has 2 atom stereocenters. The number of thiazole rings is 1. The van der Waals surface area contributed by atoms with Gasteiger partial charge in [0.15, 0.2) is 5.13 Å². The van der Waals surface area contributed by atoms with Gasteiger partial charge >= 0.3 is 0 Å². The van der Waals surface area contributed by atoms with Crippen LogP contribution in [0.3, 0.4) is 0 Å². The van der Waals surface area contributed by atoms with Crippen LogP contribution in [0.5, 0.6) is 5.75 Å². The molecule has 148 valence electrons. The number of carbonyl (C=O) groups is 2. The fraction of sp³-hybridized carbons (Fsp3) is 0.450. The van der Waals surface area contributed by atoms with Gasteiger partial charge in [0.2, 0.25) is 11.8 Å². The fourth-order valence-corrected chi connectivity index (χ4v) is 5.76. The molecule has 4 rings (SSSR count). The molecule has 0 saturated carbocycles. The van der Waals surface area contributed by atoms with Crippen molar-refractivity contribution in [1.82, 2.24) is 9.88 Å². The minimum atomic E-state index is -0.424. The van der Waals surface area contributed by atoms with Gasteiger partial charge < -0.3 is 15.0 Å². The van der Waals surface area contributed by atoms with Gasteiger partial charge in [0, 0.05) is 23.1 Å². The quantitative estimate of drug-likeness (QED) is 0.769. The van der Waals surface area contributed by atoms with Crippen LogP contribution in [0.25, 0.3) is 11.3 Å². The second-order valence-electron chi connectivity index (χ2n) is 7.17. The lowest BCUT2D eigenvalue weighted by molar-refractivity contribution is -0.135. The van der Waals surface area contributed by atoms with Crippen LogP contribution in [-0.2, 0) is 9.59 Å². The van der Waals surface area contributed by atoms with Crippen LogP contribution in [0.2, 0.25) is 0 Å². The molecule has 0 spiro atoms. The van der Waals surface area contributed by atoms with Gasteiger partial charge in [-0.1, -0.05) is 6.92 Å². The zero-order valence-electron chi connectivity index (χ0n) is 15.9. The largest absolute Gasteiger partial charge is 0.494 e. The van der Waals surface area contributed by atoms with Crippen molar-refractivity contribution in [3.63, 3.8) is 0 Å². The maximum absolute atomic E-state index is 12.8. The van der Waals surface area contributed by atoms with E-state index in [1.165, 1.54) is 11.3 Å². The summed E-state index contributed by atoms with van der Waals surface area (Å²) < 4.78 is 5.60. The van der Waals surface area contributed by atoms with Gasteiger partial charge in [-0.15, -0.1) is 23.1 Å². The van der Waals surface area contributed by atoms with E-state index >= 15 is 0 Å².